The topological polar surface area (TPSA) is 75.9 Å². The molecule has 1 saturated heterocycles. The third kappa shape index (κ3) is 4.94. The largest absolute Gasteiger partial charge is 0.423 e. The van der Waals surface area contributed by atoms with Gasteiger partial charge in [0.25, 0.3) is 5.69 Å². The van der Waals surface area contributed by atoms with E-state index in [1.54, 1.807) is 12.1 Å². The maximum absolute atomic E-state index is 12.2. The van der Waals surface area contributed by atoms with Gasteiger partial charge in [0, 0.05) is 44.0 Å². The lowest BCUT2D eigenvalue weighted by molar-refractivity contribution is -0.384. The number of carbonyl (C=O) groups is 1. The zero-order valence-corrected chi connectivity index (χ0v) is 16.2. The van der Waals surface area contributed by atoms with Crippen LogP contribution in [-0.2, 0) is 0 Å². The van der Waals surface area contributed by atoms with E-state index >= 15 is 0 Å². The fraction of sp³-hybridized carbons (Fsp3) is 0.278. The first-order valence-corrected chi connectivity index (χ1v) is 9.39. The van der Waals surface area contributed by atoms with Crippen LogP contribution in [0, 0.1) is 10.1 Å². The number of anilines is 1. The summed E-state index contributed by atoms with van der Waals surface area (Å²) in [5.74, 6) is -0.243. The molecule has 1 aliphatic heterocycles. The highest BCUT2D eigenvalue weighted by Gasteiger charge is 2.20. The normalized spacial score (nSPS) is 15.0. The van der Waals surface area contributed by atoms with E-state index in [9.17, 15) is 14.9 Å². The lowest BCUT2D eigenvalue weighted by Crippen LogP contribution is -2.47. The number of hydrogen-bond acceptors (Lipinski definition) is 8. The van der Waals surface area contributed by atoms with Crippen LogP contribution in [0.3, 0.4) is 0 Å². The molecular formula is C18H19N3O4S2. The number of esters is 1. The predicted octanol–water partition coefficient (Wildman–Crippen LogP) is 3.08. The number of rotatable bonds is 5. The van der Waals surface area contributed by atoms with E-state index in [1.807, 2.05) is 12.1 Å². The molecule has 0 amide bonds. The quantitative estimate of drug-likeness (QED) is 0.199. The first-order chi connectivity index (χ1) is 12.9. The van der Waals surface area contributed by atoms with Gasteiger partial charge in [-0.05, 0) is 36.4 Å². The van der Waals surface area contributed by atoms with Gasteiger partial charge < -0.3 is 9.64 Å². The molecular weight excluding hydrogens is 386 g/mol. The first-order valence-electron chi connectivity index (χ1n) is 8.36. The molecule has 142 valence electrons. The van der Waals surface area contributed by atoms with Crippen molar-refractivity contribution in [3.63, 3.8) is 0 Å². The summed E-state index contributed by atoms with van der Waals surface area (Å²) in [7, 11) is 0. The van der Waals surface area contributed by atoms with Crippen molar-refractivity contribution in [2.24, 2.45) is 0 Å². The second-order valence-corrected chi connectivity index (χ2v) is 7.44. The van der Waals surface area contributed by atoms with Crippen LogP contribution in [0.25, 0.3) is 0 Å². The number of ether oxygens (including phenoxy) is 1. The van der Waals surface area contributed by atoms with Gasteiger partial charge in [-0.1, -0.05) is 0 Å². The summed E-state index contributed by atoms with van der Waals surface area (Å²) >= 11 is 8.67. The Balaban J connectivity index is 1.60. The number of hydrogen-bond donors (Lipinski definition) is 2. The lowest BCUT2D eigenvalue weighted by Gasteiger charge is -2.37. The Hall–Kier alpha value is -2.23. The molecule has 9 heteroatoms. The van der Waals surface area contributed by atoms with E-state index in [0.717, 1.165) is 31.9 Å². The van der Waals surface area contributed by atoms with Crippen LogP contribution in [0.4, 0.5) is 11.4 Å². The van der Waals surface area contributed by atoms with E-state index in [2.05, 4.69) is 35.1 Å². The highest BCUT2D eigenvalue weighted by atomic mass is 32.2. The molecule has 0 radical (unpaired) electrons. The Labute approximate surface area is 167 Å². The summed E-state index contributed by atoms with van der Waals surface area (Å²) in [6.07, 6.45) is 0. The van der Waals surface area contributed by atoms with Gasteiger partial charge in [0.15, 0.2) is 0 Å². The molecule has 1 aliphatic rings. The Morgan fingerprint density at radius 1 is 1.00 bits per heavy atom. The molecule has 0 N–H and O–H groups in total. The number of thiol groups is 2. The van der Waals surface area contributed by atoms with Crippen LogP contribution >= 0.6 is 25.3 Å². The van der Waals surface area contributed by atoms with Crippen molar-refractivity contribution in [2.75, 3.05) is 31.1 Å². The van der Waals surface area contributed by atoms with Crippen molar-refractivity contribution in [3.8, 4) is 5.75 Å². The molecule has 7 nitrogen and oxygen atoms in total. The molecule has 0 spiro atoms. The maximum atomic E-state index is 12.2. The Kier molecular flexibility index (Phi) is 6.25. The fourth-order valence-corrected chi connectivity index (χ4v) is 3.28. The van der Waals surface area contributed by atoms with Gasteiger partial charge in [0.2, 0.25) is 0 Å². The van der Waals surface area contributed by atoms with Crippen molar-refractivity contribution >= 4 is 42.6 Å². The molecule has 1 fully saturated rings. The molecule has 0 unspecified atom stereocenters. The highest BCUT2D eigenvalue weighted by Crippen LogP contribution is 2.21. The molecule has 0 bridgehead atoms. The number of non-ortho nitro benzene ring substituents is 1. The van der Waals surface area contributed by atoms with Gasteiger partial charge in [0.05, 0.1) is 15.2 Å². The summed E-state index contributed by atoms with van der Waals surface area (Å²) in [6.45, 7) is 3.48. The molecule has 0 atom stereocenters. The Morgan fingerprint density at radius 3 is 2.11 bits per heavy atom. The summed E-state index contributed by atoms with van der Waals surface area (Å²) in [6, 6.07) is 12.6. The van der Waals surface area contributed by atoms with Gasteiger partial charge in [-0.3, -0.25) is 15.0 Å². The second-order valence-electron chi connectivity index (χ2n) is 6.06. The first kappa shape index (κ1) is 19.5. The van der Waals surface area contributed by atoms with E-state index in [4.69, 9.17) is 4.74 Å². The number of carbonyl (C=O) groups excluding carboxylic acids is 1. The van der Waals surface area contributed by atoms with Gasteiger partial charge in [-0.2, -0.15) is 0 Å². The highest BCUT2D eigenvalue weighted by molar-refractivity contribution is 7.99. The number of nitro benzene ring substituents is 1. The number of benzene rings is 2. The monoisotopic (exact) mass is 405 g/mol. The second kappa shape index (κ2) is 8.64. The average molecular weight is 406 g/mol. The van der Waals surface area contributed by atoms with Gasteiger partial charge in [-0.25, -0.2) is 4.79 Å². The van der Waals surface area contributed by atoms with Crippen molar-refractivity contribution in [3.05, 3.63) is 64.2 Å². The zero-order valence-electron chi connectivity index (χ0n) is 14.4. The average Bonchev–Trinajstić information content (AvgIpc) is 2.68. The van der Waals surface area contributed by atoms with Crippen LogP contribution in [0.1, 0.15) is 10.4 Å². The number of nitro groups is 1. The zero-order chi connectivity index (χ0) is 19.4. The van der Waals surface area contributed by atoms with E-state index in [0.29, 0.717) is 5.56 Å². The molecule has 0 aliphatic carbocycles. The summed E-state index contributed by atoms with van der Waals surface area (Å²) in [4.78, 5) is 26.8. The molecule has 0 aromatic heterocycles. The van der Waals surface area contributed by atoms with Crippen molar-refractivity contribution in [2.45, 2.75) is 4.71 Å². The maximum Gasteiger partial charge on any atom is 0.343 e. The van der Waals surface area contributed by atoms with Gasteiger partial charge >= 0.3 is 5.97 Å². The van der Waals surface area contributed by atoms with Crippen LogP contribution in [0.5, 0.6) is 5.75 Å². The fourth-order valence-electron chi connectivity index (χ4n) is 2.82. The minimum atomic E-state index is -0.506. The SMILES string of the molecule is O=C(Oc1ccc([N+](=O)[O-])cc1)c1ccc(N2CCN(C(S)S)CC2)cc1. The number of nitrogens with zero attached hydrogens (tertiary/aromatic N) is 3. The molecule has 2 aromatic rings. The number of piperazine rings is 1. The smallest absolute Gasteiger partial charge is 0.343 e. The van der Waals surface area contributed by atoms with Crippen LogP contribution in [0.2, 0.25) is 0 Å². The van der Waals surface area contributed by atoms with Gasteiger partial charge in [-0.15, -0.1) is 25.3 Å². The minimum absolute atomic E-state index is 0.0521. The van der Waals surface area contributed by atoms with Crippen LogP contribution in [-0.4, -0.2) is 46.7 Å². The minimum Gasteiger partial charge on any atom is -0.423 e. The molecule has 1 heterocycles. The van der Waals surface area contributed by atoms with Gasteiger partial charge in [0.1, 0.15) is 5.75 Å². The van der Waals surface area contributed by atoms with Crippen LogP contribution < -0.4 is 9.64 Å². The summed E-state index contributed by atoms with van der Waals surface area (Å²) in [5.41, 5.74) is 1.40. The van der Waals surface area contributed by atoms with E-state index < -0.39 is 10.9 Å². The van der Waals surface area contributed by atoms with E-state index in [1.165, 1.54) is 24.3 Å². The molecule has 3 rings (SSSR count). The summed E-state index contributed by atoms with van der Waals surface area (Å²) < 4.78 is 5.21. The lowest BCUT2D eigenvalue weighted by atomic mass is 10.2. The van der Waals surface area contributed by atoms with Crippen molar-refractivity contribution < 1.29 is 14.5 Å². The molecule has 27 heavy (non-hydrogen) atoms. The Bertz CT molecular complexity index is 804. The molecule has 0 saturated carbocycles. The van der Waals surface area contributed by atoms with Crippen molar-refractivity contribution in [1.29, 1.82) is 0 Å². The summed E-state index contributed by atoms with van der Waals surface area (Å²) in [5, 5.41) is 10.7. The van der Waals surface area contributed by atoms with E-state index in [-0.39, 0.29) is 16.1 Å². The third-order valence-corrected chi connectivity index (χ3v) is 5.02. The Morgan fingerprint density at radius 2 is 1.59 bits per heavy atom. The van der Waals surface area contributed by atoms with Crippen LogP contribution in [0.15, 0.2) is 48.5 Å². The predicted molar refractivity (Wildman–Crippen MR) is 110 cm³/mol. The van der Waals surface area contributed by atoms with Crippen molar-refractivity contribution in [1.82, 2.24) is 4.90 Å². The standard InChI is InChI=1S/C18H19N3O4S2/c22-17(25-16-7-5-15(6-8-16)21(23)24)13-1-3-14(4-2-13)19-9-11-20(12-10-19)18(26)27/h1-8,18,26-27H,9-12H2. The molecule has 2 aromatic carbocycles. The third-order valence-electron chi connectivity index (χ3n) is 4.37.